The highest BCUT2D eigenvalue weighted by molar-refractivity contribution is 7.26. The fourth-order valence-corrected chi connectivity index (χ4v) is 7.67. The second kappa shape index (κ2) is 10.5. The maximum absolute atomic E-state index is 5.23. The van der Waals surface area contributed by atoms with Gasteiger partial charge in [-0.25, -0.2) is 9.97 Å². The van der Waals surface area contributed by atoms with E-state index in [1.54, 1.807) is 0 Å². The monoisotopic (exact) mass is 590 g/mol. The molecule has 7 aromatic carbocycles. The summed E-state index contributed by atoms with van der Waals surface area (Å²) >= 11 is 1.86. The summed E-state index contributed by atoms with van der Waals surface area (Å²) in [4.78, 5) is 10.3. The van der Waals surface area contributed by atoms with Crippen LogP contribution in [0.4, 0.5) is 0 Å². The molecule has 0 saturated heterocycles. The Morgan fingerprint density at radius 1 is 0.400 bits per heavy atom. The van der Waals surface area contributed by atoms with Crippen molar-refractivity contribution in [2.75, 3.05) is 0 Å². The zero-order valence-corrected chi connectivity index (χ0v) is 25.1. The highest BCUT2D eigenvalue weighted by atomic mass is 32.1. The molecule has 3 heteroatoms. The molecule has 210 valence electrons. The lowest BCUT2D eigenvalue weighted by Crippen LogP contribution is -1.96. The van der Waals surface area contributed by atoms with Crippen LogP contribution in [0.2, 0.25) is 0 Å². The van der Waals surface area contributed by atoms with Crippen LogP contribution in [0.15, 0.2) is 158 Å². The third-order valence-corrected chi connectivity index (χ3v) is 9.85. The maximum Gasteiger partial charge on any atom is 0.160 e. The Morgan fingerprint density at radius 2 is 1.04 bits per heavy atom. The topological polar surface area (TPSA) is 25.8 Å². The van der Waals surface area contributed by atoms with Crippen LogP contribution in [0.5, 0.6) is 0 Å². The fraction of sp³-hybridized carbons (Fsp3) is 0. The van der Waals surface area contributed by atoms with Gasteiger partial charge in [-0.2, -0.15) is 0 Å². The minimum atomic E-state index is 0.728. The van der Waals surface area contributed by atoms with Crippen LogP contribution in [0, 0.1) is 0 Å². The summed E-state index contributed by atoms with van der Waals surface area (Å²) < 4.78 is 2.56. The van der Waals surface area contributed by atoms with Gasteiger partial charge < -0.3 is 0 Å². The van der Waals surface area contributed by atoms with Crippen LogP contribution >= 0.6 is 11.3 Å². The summed E-state index contributed by atoms with van der Waals surface area (Å²) in [6.07, 6.45) is 0. The Hall–Kier alpha value is -5.64. The van der Waals surface area contributed by atoms with Gasteiger partial charge in [0.2, 0.25) is 0 Å². The van der Waals surface area contributed by atoms with Crippen LogP contribution in [0.3, 0.4) is 0 Å². The summed E-state index contributed by atoms with van der Waals surface area (Å²) in [5.74, 6) is 0.728. The lowest BCUT2D eigenvalue weighted by Gasteiger charge is -2.13. The summed E-state index contributed by atoms with van der Waals surface area (Å²) in [5, 5.41) is 7.48. The Balaban J connectivity index is 1.32. The van der Waals surface area contributed by atoms with E-state index in [0.29, 0.717) is 0 Å². The molecule has 0 aliphatic rings. The van der Waals surface area contributed by atoms with Gasteiger partial charge >= 0.3 is 0 Å². The van der Waals surface area contributed by atoms with Crippen molar-refractivity contribution >= 4 is 53.1 Å². The van der Waals surface area contributed by atoms with Crippen molar-refractivity contribution in [3.05, 3.63) is 158 Å². The first-order valence-corrected chi connectivity index (χ1v) is 16.0. The molecule has 45 heavy (non-hydrogen) atoms. The fourth-order valence-electron chi connectivity index (χ4n) is 6.42. The van der Waals surface area contributed by atoms with Crippen LogP contribution in [-0.2, 0) is 0 Å². The van der Waals surface area contributed by atoms with E-state index in [1.165, 1.54) is 52.8 Å². The molecular formula is C42H26N2S. The second-order valence-corrected chi connectivity index (χ2v) is 12.5. The molecule has 2 heterocycles. The van der Waals surface area contributed by atoms with Crippen LogP contribution in [-0.4, -0.2) is 9.97 Å². The zero-order valence-electron chi connectivity index (χ0n) is 24.3. The van der Waals surface area contributed by atoms with Crippen molar-refractivity contribution < 1.29 is 0 Å². The Bertz CT molecular complexity index is 2470. The molecule has 0 spiro atoms. The summed E-state index contributed by atoms with van der Waals surface area (Å²) in [5.41, 5.74) is 7.50. The van der Waals surface area contributed by atoms with E-state index in [9.17, 15) is 0 Å². The molecule has 0 saturated carbocycles. The minimum absolute atomic E-state index is 0.728. The van der Waals surface area contributed by atoms with Crippen LogP contribution in [0.1, 0.15) is 0 Å². The van der Waals surface area contributed by atoms with E-state index >= 15 is 0 Å². The molecular weight excluding hydrogens is 565 g/mol. The van der Waals surface area contributed by atoms with Crippen molar-refractivity contribution in [1.82, 2.24) is 9.97 Å². The molecule has 0 amide bonds. The molecule has 0 unspecified atom stereocenters. The largest absolute Gasteiger partial charge is 0.228 e. The van der Waals surface area contributed by atoms with Gasteiger partial charge in [-0.3, -0.25) is 0 Å². The third kappa shape index (κ3) is 4.48. The molecule has 0 bridgehead atoms. The van der Waals surface area contributed by atoms with Crippen molar-refractivity contribution in [2.45, 2.75) is 0 Å². The van der Waals surface area contributed by atoms with Crippen molar-refractivity contribution in [1.29, 1.82) is 0 Å². The average Bonchev–Trinajstić information content (AvgIpc) is 3.51. The Kier molecular flexibility index (Phi) is 6.03. The third-order valence-electron chi connectivity index (χ3n) is 8.65. The summed E-state index contributed by atoms with van der Waals surface area (Å²) in [7, 11) is 0. The highest BCUT2D eigenvalue weighted by Gasteiger charge is 2.18. The van der Waals surface area contributed by atoms with Crippen molar-refractivity contribution in [3.63, 3.8) is 0 Å². The summed E-state index contributed by atoms with van der Waals surface area (Å²) in [6.45, 7) is 0. The number of hydrogen-bond acceptors (Lipinski definition) is 3. The number of nitrogens with zero attached hydrogens (tertiary/aromatic N) is 2. The first kappa shape index (κ1) is 25.8. The number of rotatable bonds is 4. The smallest absolute Gasteiger partial charge is 0.160 e. The number of thiophene rings is 1. The number of fused-ring (bicyclic) bond motifs is 6. The van der Waals surface area contributed by atoms with E-state index in [0.717, 1.165) is 33.9 Å². The Morgan fingerprint density at radius 3 is 1.87 bits per heavy atom. The highest BCUT2D eigenvalue weighted by Crippen LogP contribution is 2.45. The average molecular weight is 591 g/mol. The predicted molar refractivity (Wildman–Crippen MR) is 192 cm³/mol. The molecule has 2 aromatic heterocycles. The van der Waals surface area contributed by atoms with Gasteiger partial charge in [-0.15, -0.1) is 11.3 Å². The molecule has 0 fully saturated rings. The number of benzene rings is 7. The predicted octanol–water partition coefficient (Wildman–Crippen LogP) is 11.8. The van der Waals surface area contributed by atoms with Gasteiger partial charge in [-0.05, 0) is 57.6 Å². The number of aromatic nitrogens is 2. The van der Waals surface area contributed by atoms with Gasteiger partial charge in [0.15, 0.2) is 5.82 Å². The Labute approximate surface area is 264 Å². The molecule has 9 rings (SSSR count). The van der Waals surface area contributed by atoms with E-state index in [1.807, 2.05) is 35.6 Å². The molecule has 0 N–H and O–H groups in total. The van der Waals surface area contributed by atoms with Gasteiger partial charge in [0.05, 0.1) is 11.4 Å². The van der Waals surface area contributed by atoms with Gasteiger partial charge in [0.1, 0.15) is 0 Å². The van der Waals surface area contributed by atoms with Crippen molar-refractivity contribution in [2.24, 2.45) is 0 Å². The molecule has 9 aromatic rings. The lowest BCUT2D eigenvalue weighted by atomic mass is 9.94. The lowest BCUT2D eigenvalue weighted by molar-refractivity contribution is 1.19. The number of hydrogen-bond donors (Lipinski definition) is 0. The van der Waals surface area contributed by atoms with Gasteiger partial charge in [0, 0.05) is 42.2 Å². The normalized spacial score (nSPS) is 11.6. The summed E-state index contributed by atoms with van der Waals surface area (Å²) in [6, 6.07) is 56.1. The van der Waals surface area contributed by atoms with Gasteiger partial charge in [0.25, 0.3) is 0 Å². The SMILES string of the molecule is c1ccc(-c2cc(-c3cc4ccc(-c5ccc6ccccc6c5)cc4c4sc5ccccc5c34)nc(-c3ccccc3)n2)cc1. The van der Waals surface area contributed by atoms with E-state index < -0.39 is 0 Å². The molecule has 0 aliphatic heterocycles. The van der Waals surface area contributed by atoms with E-state index in [-0.39, 0.29) is 0 Å². The van der Waals surface area contributed by atoms with E-state index in [4.69, 9.17) is 9.97 Å². The standard InChI is InChI=1S/C42H26N2S/c1-3-12-28(13-4-1)37-26-38(44-42(43-37)29-14-5-2-6-15-29)36-25-33-22-21-32(31-20-19-27-11-7-8-16-30(27)23-31)24-35(33)41-40(36)34-17-9-10-18-39(34)45-41/h1-26H. The molecule has 0 radical (unpaired) electrons. The van der Waals surface area contributed by atoms with E-state index in [2.05, 4.69) is 133 Å². The van der Waals surface area contributed by atoms with Gasteiger partial charge in [-0.1, -0.05) is 127 Å². The van der Waals surface area contributed by atoms with Crippen LogP contribution in [0.25, 0.3) is 86.7 Å². The molecule has 0 atom stereocenters. The second-order valence-electron chi connectivity index (χ2n) is 11.4. The molecule has 2 nitrogen and oxygen atoms in total. The van der Waals surface area contributed by atoms with Crippen molar-refractivity contribution in [3.8, 4) is 45.0 Å². The minimum Gasteiger partial charge on any atom is -0.228 e. The zero-order chi connectivity index (χ0) is 29.7. The molecule has 0 aliphatic carbocycles. The first-order chi connectivity index (χ1) is 22.3. The van der Waals surface area contributed by atoms with Crippen LogP contribution < -0.4 is 0 Å². The first-order valence-electron chi connectivity index (χ1n) is 15.2. The quantitative estimate of drug-likeness (QED) is 0.204. The maximum atomic E-state index is 5.23.